The summed E-state index contributed by atoms with van der Waals surface area (Å²) in [4.78, 5) is 28.9. The molecule has 0 bridgehead atoms. The Morgan fingerprint density at radius 1 is 1.11 bits per heavy atom. The van der Waals surface area contributed by atoms with Gasteiger partial charge in [-0.3, -0.25) is 9.59 Å². The van der Waals surface area contributed by atoms with Gasteiger partial charge in [-0.25, -0.2) is 5.01 Å². The van der Waals surface area contributed by atoms with Crippen LogP contribution in [0.4, 0.5) is 5.69 Å². The van der Waals surface area contributed by atoms with Crippen LogP contribution in [0.25, 0.3) is 0 Å². The summed E-state index contributed by atoms with van der Waals surface area (Å²) in [5, 5.41) is 16.9. The Labute approximate surface area is 220 Å². The van der Waals surface area contributed by atoms with E-state index < -0.39 is 5.54 Å². The van der Waals surface area contributed by atoms with Crippen LogP contribution in [0.2, 0.25) is 0 Å². The molecule has 37 heavy (non-hydrogen) atoms. The maximum Gasteiger partial charge on any atom is 0.277 e. The molecule has 0 radical (unpaired) electrons. The van der Waals surface area contributed by atoms with E-state index in [0.29, 0.717) is 5.71 Å². The largest absolute Gasteiger partial charge is 0.506 e. The van der Waals surface area contributed by atoms with Crippen LogP contribution in [0.5, 0.6) is 0 Å². The summed E-state index contributed by atoms with van der Waals surface area (Å²) in [7, 11) is 0. The van der Waals surface area contributed by atoms with Gasteiger partial charge >= 0.3 is 0 Å². The Morgan fingerprint density at radius 2 is 1.78 bits per heavy atom. The Bertz CT molecular complexity index is 1280. The van der Waals surface area contributed by atoms with Gasteiger partial charge < -0.3 is 10.0 Å². The highest BCUT2D eigenvalue weighted by Gasteiger charge is 2.46. The molecule has 4 aliphatic rings. The van der Waals surface area contributed by atoms with E-state index in [2.05, 4.69) is 48.1 Å². The molecule has 2 aliphatic carbocycles. The fourth-order valence-electron chi connectivity index (χ4n) is 6.35. The van der Waals surface area contributed by atoms with E-state index >= 15 is 0 Å². The number of allylic oxidation sites excluding steroid dienone is 4. The van der Waals surface area contributed by atoms with Crippen LogP contribution in [-0.2, 0) is 15.0 Å². The van der Waals surface area contributed by atoms with E-state index in [4.69, 9.17) is 0 Å². The Hall–Kier alpha value is -3.15. The van der Waals surface area contributed by atoms with Crippen LogP contribution < -0.4 is 4.90 Å². The highest BCUT2D eigenvalue weighted by molar-refractivity contribution is 6.34. The van der Waals surface area contributed by atoms with Crippen molar-refractivity contribution in [1.29, 1.82) is 0 Å². The summed E-state index contributed by atoms with van der Waals surface area (Å²) in [6.45, 7) is 12.6. The number of para-hydroxylation sites is 1. The first-order valence-corrected chi connectivity index (χ1v) is 13.6. The molecule has 5 rings (SSSR count). The van der Waals surface area contributed by atoms with E-state index in [9.17, 15) is 14.7 Å². The molecule has 1 aromatic carbocycles. The number of carbonyl (C=O) groups is 2. The number of nitrogens with zero attached hydrogens (tertiary/aromatic N) is 3. The van der Waals surface area contributed by atoms with Crippen molar-refractivity contribution in [3.8, 4) is 0 Å². The van der Waals surface area contributed by atoms with Gasteiger partial charge in [0.2, 0.25) is 5.78 Å². The average Bonchev–Trinajstić information content (AvgIpc) is 3.51. The van der Waals surface area contributed by atoms with E-state index in [1.54, 1.807) is 6.92 Å². The Kier molecular flexibility index (Phi) is 6.20. The fourth-order valence-corrected chi connectivity index (χ4v) is 6.35. The first-order chi connectivity index (χ1) is 17.4. The summed E-state index contributed by atoms with van der Waals surface area (Å²) in [6.07, 6.45) is 9.54. The van der Waals surface area contributed by atoms with E-state index in [-0.39, 0.29) is 39.6 Å². The minimum absolute atomic E-state index is 0.0888. The summed E-state index contributed by atoms with van der Waals surface area (Å²) in [5.41, 5.74) is 3.61. The molecular weight excluding hydrogens is 462 g/mol. The minimum Gasteiger partial charge on any atom is -0.506 e. The maximum atomic E-state index is 13.4. The number of amides is 1. The molecule has 6 heteroatoms. The van der Waals surface area contributed by atoms with Gasteiger partial charge in [0.15, 0.2) is 0 Å². The van der Waals surface area contributed by atoms with E-state index in [1.165, 1.54) is 48.4 Å². The summed E-state index contributed by atoms with van der Waals surface area (Å²) in [5.74, 6) is 0.0860. The lowest BCUT2D eigenvalue weighted by Crippen LogP contribution is -2.40. The van der Waals surface area contributed by atoms with Gasteiger partial charge in [0.05, 0.1) is 28.0 Å². The van der Waals surface area contributed by atoms with Gasteiger partial charge in [0.1, 0.15) is 5.76 Å². The molecular formula is C31H39N3O3. The van der Waals surface area contributed by atoms with E-state index in [0.717, 1.165) is 24.6 Å². The van der Waals surface area contributed by atoms with Crippen molar-refractivity contribution in [3.63, 3.8) is 0 Å². The highest BCUT2D eigenvalue weighted by Crippen LogP contribution is 2.49. The summed E-state index contributed by atoms with van der Waals surface area (Å²) in [6, 6.07) is 8.42. The smallest absolute Gasteiger partial charge is 0.277 e. The minimum atomic E-state index is -0.518. The van der Waals surface area contributed by atoms with Crippen LogP contribution in [-0.4, -0.2) is 39.6 Å². The topological polar surface area (TPSA) is 73.2 Å². The normalized spacial score (nSPS) is 24.9. The molecule has 0 atom stereocenters. The van der Waals surface area contributed by atoms with Crippen molar-refractivity contribution in [2.24, 2.45) is 11.0 Å². The fraction of sp³-hybridized carbons (Fsp3) is 0.516. The van der Waals surface area contributed by atoms with Gasteiger partial charge in [-0.05, 0) is 64.2 Å². The van der Waals surface area contributed by atoms with Crippen LogP contribution in [0.3, 0.4) is 0 Å². The lowest BCUT2D eigenvalue weighted by Gasteiger charge is -2.30. The number of hydrogen-bond acceptors (Lipinski definition) is 5. The number of benzene rings is 1. The van der Waals surface area contributed by atoms with Gasteiger partial charge in [-0.2, -0.15) is 5.10 Å². The lowest BCUT2D eigenvalue weighted by atomic mass is 9.79. The first-order valence-electron chi connectivity index (χ1n) is 13.6. The van der Waals surface area contributed by atoms with Crippen LogP contribution >= 0.6 is 0 Å². The zero-order chi connectivity index (χ0) is 26.7. The first kappa shape index (κ1) is 25.5. The molecule has 196 valence electrons. The number of aliphatic hydroxyl groups is 1. The molecule has 2 heterocycles. The van der Waals surface area contributed by atoms with Gasteiger partial charge in [0.25, 0.3) is 5.91 Å². The van der Waals surface area contributed by atoms with Crippen molar-refractivity contribution in [2.75, 3.05) is 11.4 Å². The number of ketones is 1. The second-order valence-corrected chi connectivity index (χ2v) is 12.4. The molecule has 1 fully saturated rings. The number of anilines is 1. The second kappa shape index (κ2) is 9.00. The summed E-state index contributed by atoms with van der Waals surface area (Å²) < 4.78 is 0. The molecule has 0 saturated heterocycles. The van der Waals surface area contributed by atoms with Gasteiger partial charge in [-0.15, -0.1) is 0 Å². The second-order valence-electron chi connectivity index (χ2n) is 12.4. The molecule has 6 nitrogen and oxygen atoms in total. The van der Waals surface area contributed by atoms with Crippen molar-refractivity contribution < 1.29 is 14.7 Å². The lowest BCUT2D eigenvalue weighted by molar-refractivity contribution is -0.130. The quantitative estimate of drug-likeness (QED) is 0.478. The molecule has 2 aliphatic heterocycles. The number of hydrogen-bond donors (Lipinski definition) is 1. The zero-order valence-electron chi connectivity index (χ0n) is 23.0. The molecule has 0 spiro atoms. The van der Waals surface area contributed by atoms with Crippen LogP contribution in [0.1, 0.15) is 85.6 Å². The highest BCUT2D eigenvalue weighted by atomic mass is 16.3. The number of fused-ring (bicyclic) bond motifs is 1. The van der Waals surface area contributed by atoms with Crippen molar-refractivity contribution in [2.45, 2.75) is 91.0 Å². The molecule has 1 amide bonds. The molecule has 1 saturated carbocycles. The number of carbonyl (C=O) groups excluding carboxylic acids is 2. The van der Waals surface area contributed by atoms with Gasteiger partial charge in [0, 0.05) is 23.3 Å². The predicted molar refractivity (Wildman–Crippen MR) is 147 cm³/mol. The summed E-state index contributed by atoms with van der Waals surface area (Å²) >= 11 is 0. The Balaban J connectivity index is 1.49. The number of Topliss-reactive ketones (excluding diaryl/α,β-unsaturated/α-hetero) is 1. The van der Waals surface area contributed by atoms with Crippen molar-refractivity contribution in [3.05, 3.63) is 64.1 Å². The maximum absolute atomic E-state index is 13.4. The van der Waals surface area contributed by atoms with Crippen LogP contribution in [0.15, 0.2) is 63.6 Å². The van der Waals surface area contributed by atoms with E-state index in [1.807, 2.05) is 26.8 Å². The molecule has 0 aromatic heterocycles. The molecule has 1 N–H and O–H groups in total. The number of rotatable bonds is 5. The number of aliphatic hydroxyl groups excluding tert-OH is 1. The third kappa shape index (κ3) is 4.14. The third-order valence-corrected chi connectivity index (χ3v) is 8.42. The zero-order valence-corrected chi connectivity index (χ0v) is 23.0. The molecule has 1 aromatic rings. The predicted octanol–water partition coefficient (Wildman–Crippen LogP) is 6.35. The average molecular weight is 502 g/mol. The number of hydrazone groups is 1. The Morgan fingerprint density at radius 3 is 2.41 bits per heavy atom. The molecule has 0 unspecified atom stereocenters. The standard InChI is InChI=1S/C31H39N3O3/c1-19-25(29(37)34(32-19)30(2,3)4)26-27(35)21(28(26)36)18-24-31(5,6)22-15-9-10-16-23(22)33(24)17-11-14-20-12-7-8-13-20/h9-10,15-16,18,20,35H,7-8,11-14,17H2,1-6H3/b24-18+,26-25?. The van der Waals surface area contributed by atoms with Crippen LogP contribution in [0, 0.1) is 5.92 Å². The van der Waals surface area contributed by atoms with Gasteiger partial charge in [-0.1, -0.05) is 57.7 Å². The van der Waals surface area contributed by atoms with Crippen molar-refractivity contribution in [1.82, 2.24) is 5.01 Å². The van der Waals surface area contributed by atoms with Crippen molar-refractivity contribution >= 4 is 23.1 Å². The third-order valence-electron chi connectivity index (χ3n) is 8.42. The SMILES string of the molecule is CC1=NN(C(C)(C)C)C(=O)C1=C1C(=O)C(/C=C2/N(CCCC3CCCC3)c3ccccc3C2(C)C)=C1O. The monoisotopic (exact) mass is 501 g/mol.